The molecule has 0 atom stereocenters. The molecule has 0 unspecified atom stereocenters. The summed E-state index contributed by atoms with van der Waals surface area (Å²) in [6.07, 6.45) is 0. The van der Waals surface area contributed by atoms with Gasteiger partial charge in [0.2, 0.25) is 0 Å². The number of nitrogens with one attached hydrogen (secondary N) is 1. The molecule has 0 aromatic heterocycles. The fourth-order valence-electron chi connectivity index (χ4n) is 2.58. The molecule has 2 aromatic carbocycles. The third-order valence-corrected chi connectivity index (χ3v) is 4.71. The molecule has 0 bridgehead atoms. The Morgan fingerprint density at radius 3 is 2.69 bits per heavy atom. The smallest absolute Gasteiger partial charge is 0.327 e. The normalized spacial score (nSPS) is 13.0. The fraction of sp³-hybridized carbons (Fsp3) is 0.263. The number of halogens is 1. The lowest BCUT2D eigenvalue weighted by molar-refractivity contribution is 0.234. The van der Waals surface area contributed by atoms with E-state index in [0.717, 1.165) is 21.5 Å². The third-order valence-electron chi connectivity index (χ3n) is 4.18. The topological polar surface area (TPSA) is 85.4 Å². The summed E-state index contributed by atoms with van der Waals surface area (Å²) in [5, 5.41) is 2.89. The minimum absolute atomic E-state index is 0. The average Bonchev–Trinajstić information content (AvgIpc) is 3.07. The predicted molar refractivity (Wildman–Crippen MR) is 107 cm³/mol. The lowest BCUT2D eigenvalue weighted by Gasteiger charge is -2.20. The molecule has 26 heavy (non-hydrogen) atoms. The van der Waals surface area contributed by atoms with Crippen molar-refractivity contribution < 1.29 is 15.0 Å². The largest absolute Gasteiger partial charge is 0.485 e. The van der Waals surface area contributed by atoms with Crippen LogP contribution in [0.25, 0.3) is 0 Å². The van der Waals surface area contributed by atoms with Gasteiger partial charge in [0.05, 0.1) is 6.54 Å². The second-order valence-electron chi connectivity index (χ2n) is 5.87. The number of carbonyl (C=O) groups is 1. The molecule has 2 amide bonds. The zero-order chi connectivity index (χ0) is 17.8. The van der Waals surface area contributed by atoms with Crippen molar-refractivity contribution in [1.29, 1.82) is 0 Å². The fourth-order valence-corrected chi connectivity index (χ4v) is 2.85. The van der Waals surface area contributed by atoms with Crippen molar-refractivity contribution in [2.24, 2.45) is 4.99 Å². The Labute approximate surface area is 161 Å². The summed E-state index contributed by atoms with van der Waals surface area (Å²) in [4.78, 5) is 18.6. The van der Waals surface area contributed by atoms with E-state index in [4.69, 9.17) is 4.74 Å². The van der Waals surface area contributed by atoms with Crippen LogP contribution in [0.4, 0.5) is 10.5 Å². The number of carbonyl (C=O) groups excluding carboxylic acids is 1. The molecular weight excluding hydrogens is 398 g/mol. The van der Waals surface area contributed by atoms with E-state index in [0.29, 0.717) is 18.9 Å². The van der Waals surface area contributed by atoms with Gasteiger partial charge in [-0.05, 0) is 55.3 Å². The monoisotopic (exact) mass is 419 g/mol. The molecule has 0 saturated heterocycles. The summed E-state index contributed by atoms with van der Waals surface area (Å²) in [7, 11) is 0. The first-order valence-electron chi connectivity index (χ1n) is 8.11. The lowest BCUT2D eigenvalue weighted by Crippen LogP contribution is -2.40. The Bertz CT molecular complexity index is 806. The lowest BCUT2D eigenvalue weighted by atomic mass is 10.1. The number of benzene rings is 2. The van der Waals surface area contributed by atoms with Gasteiger partial charge in [-0.2, -0.15) is 0 Å². The Morgan fingerprint density at radius 1 is 1.23 bits per heavy atom. The Hall–Kier alpha value is -2.38. The van der Waals surface area contributed by atoms with E-state index in [9.17, 15) is 4.79 Å². The molecule has 1 aliphatic rings. The van der Waals surface area contributed by atoms with Gasteiger partial charge in [-0.15, -0.1) is 0 Å². The van der Waals surface area contributed by atoms with E-state index < -0.39 is 0 Å². The molecule has 0 radical (unpaired) electrons. The number of anilines is 1. The highest BCUT2D eigenvalue weighted by molar-refractivity contribution is 9.10. The van der Waals surface area contributed by atoms with Gasteiger partial charge in [0, 0.05) is 16.7 Å². The molecule has 138 valence electrons. The zero-order valence-corrected chi connectivity index (χ0v) is 16.3. The maximum atomic E-state index is 12.5. The summed E-state index contributed by atoms with van der Waals surface area (Å²) in [6, 6.07) is 13.2. The van der Waals surface area contributed by atoms with Crippen LogP contribution in [0.3, 0.4) is 0 Å². The summed E-state index contributed by atoms with van der Waals surface area (Å²) in [5.74, 6) is 1.47. The zero-order valence-electron chi connectivity index (χ0n) is 14.8. The molecule has 3 rings (SSSR count). The second-order valence-corrected chi connectivity index (χ2v) is 6.79. The van der Waals surface area contributed by atoms with Gasteiger partial charge in [0.1, 0.15) is 18.2 Å². The van der Waals surface area contributed by atoms with Crippen LogP contribution in [-0.2, 0) is 0 Å². The van der Waals surface area contributed by atoms with E-state index in [1.54, 1.807) is 4.90 Å². The van der Waals surface area contributed by atoms with Crippen LogP contribution in [0.2, 0.25) is 0 Å². The van der Waals surface area contributed by atoms with Crippen LogP contribution >= 0.6 is 15.9 Å². The van der Waals surface area contributed by atoms with Gasteiger partial charge in [0.15, 0.2) is 0 Å². The van der Waals surface area contributed by atoms with Crippen LogP contribution in [-0.4, -0.2) is 41.9 Å². The van der Waals surface area contributed by atoms with Crippen molar-refractivity contribution in [1.82, 2.24) is 4.90 Å². The van der Waals surface area contributed by atoms with E-state index in [1.165, 1.54) is 5.56 Å². The minimum atomic E-state index is -0.192. The Balaban J connectivity index is 0.00000243. The van der Waals surface area contributed by atoms with Crippen LogP contribution in [0.1, 0.15) is 11.1 Å². The summed E-state index contributed by atoms with van der Waals surface area (Å²) < 4.78 is 6.86. The van der Waals surface area contributed by atoms with Crippen molar-refractivity contribution in [2.45, 2.75) is 13.8 Å². The molecular formula is C19H22BrN3O3. The molecule has 0 fully saturated rings. The molecule has 7 heteroatoms. The number of hydrogen-bond acceptors (Lipinski definition) is 3. The number of ether oxygens (including phenoxy) is 1. The van der Waals surface area contributed by atoms with Crippen molar-refractivity contribution in [2.75, 3.05) is 25.0 Å². The van der Waals surface area contributed by atoms with Crippen LogP contribution in [0.15, 0.2) is 51.9 Å². The predicted octanol–water partition coefficient (Wildman–Crippen LogP) is 3.57. The molecule has 0 spiro atoms. The number of urea groups is 1. The number of hydrogen-bond donors (Lipinski definition) is 1. The van der Waals surface area contributed by atoms with Gasteiger partial charge in [-0.1, -0.05) is 28.1 Å². The number of nitrogens with zero attached hydrogens (tertiary/aromatic N) is 2. The third kappa shape index (κ3) is 4.62. The summed E-state index contributed by atoms with van der Waals surface area (Å²) in [5.41, 5.74) is 3.03. The van der Waals surface area contributed by atoms with Crippen LogP contribution in [0, 0.1) is 13.8 Å². The molecule has 3 N–H and O–H groups in total. The maximum Gasteiger partial charge on any atom is 0.327 e. The highest BCUT2D eigenvalue weighted by Crippen LogP contribution is 2.21. The number of rotatable bonds is 4. The second kappa shape index (κ2) is 8.82. The first kappa shape index (κ1) is 19.9. The standard InChI is InChI=1S/C19H20BrN3O2.H2O/c1-13-4-3-5-17(14(13)2)25-12-18-21-10-11-23(18)19(24)22-16-8-6-15(20)7-9-16;/h3-9H,10-12H2,1-2H3,(H,22,24);1H2. The van der Waals surface area contributed by atoms with Gasteiger partial charge in [0.25, 0.3) is 0 Å². The molecule has 0 saturated carbocycles. The van der Waals surface area contributed by atoms with E-state index in [1.807, 2.05) is 56.3 Å². The highest BCUT2D eigenvalue weighted by atomic mass is 79.9. The quantitative estimate of drug-likeness (QED) is 0.820. The van der Waals surface area contributed by atoms with Crippen molar-refractivity contribution >= 4 is 33.5 Å². The van der Waals surface area contributed by atoms with Gasteiger partial charge < -0.3 is 15.5 Å². The number of amides is 2. The summed E-state index contributed by atoms with van der Waals surface area (Å²) in [6.45, 7) is 5.51. The maximum absolute atomic E-state index is 12.5. The van der Waals surface area contributed by atoms with E-state index in [-0.39, 0.29) is 18.1 Å². The molecule has 1 aliphatic heterocycles. The van der Waals surface area contributed by atoms with Gasteiger partial charge >= 0.3 is 6.03 Å². The SMILES string of the molecule is Cc1cccc(OCC2=NCCN2C(=O)Nc2ccc(Br)cc2)c1C.O. The number of aliphatic imine (C=N–C) groups is 1. The van der Waals surface area contributed by atoms with Gasteiger partial charge in [-0.25, -0.2) is 4.79 Å². The van der Waals surface area contributed by atoms with Gasteiger partial charge in [-0.3, -0.25) is 9.89 Å². The van der Waals surface area contributed by atoms with Crippen LogP contribution < -0.4 is 10.1 Å². The Morgan fingerprint density at radius 2 is 1.96 bits per heavy atom. The highest BCUT2D eigenvalue weighted by Gasteiger charge is 2.24. The molecule has 2 aromatic rings. The first-order valence-corrected chi connectivity index (χ1v) is 8.90. The van der Waals surface area contributed by atoms with Crippen molar-refractivity contribution in [3.8, 4) is 5.75 Å². The summed E-state index contributed by atoms with van der Waals surface area (Å²) >= 11 is 3.38. The number of amidine groups is 1. The molecule has 6 nitrogen and oxygen atoms in total. The van der Waals surface area contributed by atoms with E-state index in [2.05, 4.69) is 26.2 Å². The van der Waals surface area contributed by atoms with E-state index >= 15 is 0 Å². The Kier molecular flexibility index (Phi) is 6.76. The molecule has 1 heterocycles. The average molecular weight is 420 g/mol. The van der Waals surface area contributed by atoms with Crippen LogP contribution in [0.5, 0.6) is 5.75 Å². The van der Waals surface area contributed by atoms with Crippen molar-refractivity contribution in [3.05, 3.63) is 58.1 Å². The molecule has 0 aliphatic carbocycles. The van der Waals surface area contributed by atoms with Crippen molar-refractivity contribution in [3.63, 3.8) is 0 Å². The minimum Gasteiger partial charge on any atom is -0.485 e. The number of aryl methyl sites for hydroxylation is 1. The first-order chi connectivity index (χ1) is 12.0.